The van der Waals surface area contributed by atoms with Crippen molar-refractivity contribution in [1.29, 1.82) is 0 Å². The second kappa shape index (κ2) is 20.8. The third kappa shape index (κ3) is 9.35. The standard InChI is InChI=1S/C59H68F2N10O9/c1-3-41-44(60)8-6-35-28-38(72)30-42(49(35)41)51-50(61)52-43(31-62-51)53(69-21-5-18-59(33-69)20-27-79-59)65-55(64-52)78-34-58-17-4-22-70(58)37(12-19-58)32-77-57(76)68-25-15-40(16-26-68)80-39-13-23-67(24-14-39)36-7-9-45-47(29-36)66(2)56(75)71(45)46-10-11-48(73)63-54(46)74/h6-9,28-31,37,39-40,46,72H,3-5,10-27,32-34H2,1-2H3,(H,63,73,74)/t37-,46?,58-,59-/m0/s1. The van der Waals surface area contributed by atoms with Gasteiger partial charge in [0, 0.05) is 82.6 Å². The Kier molecular flexibility index (Phi) is 13.7. The van der Waals surface area contributed by atoms with Gasteiger partial charge in [0.05, 0.1) is 46.4 Å². The lowest BCUT2D eigenvalue weighted by Crippen LogP contribution is -2.56. The maximum Gasteiger partial charge on any atom is 0.409 e. The number of halogens is 2. The van der Waals surface area contributed by atoms with Crippen molar-refractivity contribution in [3.8, 4) is 23.0 Å². The van der Waals surface area contributed by atoms with Crippen molar-refractivity contribution in [3.05, 3.63) is 76.3 Å². The fourth-order valence-corrected chi connectivity index (χ4v) is 14.3. The summed E-state index contributed by atoms with van der Waals surface area (Å²) in [5.74, 6) is -1.49. The highest BCUT2D eigenvalue weighted by Gasteiger charge is 2.51. The van der Waals surface area contributed by atoms with E-state index in [9.17, 15) is 24.3 Å². The lowest BCUT2D eigenvalue weighted by atomic mass is 9.86. The minimum absolute atomic E-state index is 0.00524. The topological polar surface area (TPSA) is 199 Å². The number of hydrogen-bond acceptors (Lipinski definition) is 15. The van der Waals surface area contributed by atoms with E-state index in [1.54, 1.807) is 34.8 Å². The number of imidazole rings is 1. The van der Waals surface area contributed by atoms with Gasteiger partial charge in [0.25, 0.3) is 0 Å². The molecular formula is C59H68F2N10O9. The van der Waals surface area contributed by atoms with Crippen LogP contribution in [-0.4, -0.2) is 152 Å². The molecule has 2 N–H and O–H groups in total. The van der Waals surface area contributed by atoms with Gasteiger partial charge >= 0.3 is 17.8 Å². The molecule has 10 heterocycles. The molecular weight excluding hydrogens is 1030 g/mol. The van der Waals surface area contributed by atoms with Crippen molar-refractivity contribution in [2.75, 3.05) is 75.4 Å². The molecule has 7 aliphatic rings. The van der Waals surface area contributed by atoms with Crippen molar-refractivity contribution < 1.29 is 47.2 Å². The average Bonchev–Trinajstić information content (AvgIpc) is 4.16. The molecule has 21 heteroatoms. The number of amides is 3. The number of nitrogens with zero attached hydrogens (tertiary/aromatic N) is 9. The van der Waals surface area contributed by atoms with Crippen LogP contribution in [-0.2, 0) is 37.3 Å². The van der Waals surface area contributed by atoms with Crippen LogP contribution in [0.15, 0.2) is 53.5 Å². The summed E-state index contributed by atoms with van der Waals surface area (Å²) in [6, 6.07) is 11.1. The monoisotopic (exact) mass is 1100 g/mol. The van der Waals surface area contributed by atoms with Crippen LogP contribution in [0.25, 0.3) is 44.0 Å². The summed E-state index contributed by atoms with van der Waals surface area (Å²) in [4.78, 5) is 74.4. The zero-order chi connectivity index (χ0) is 55.0. The van der Waals surface area contributed by atoms with Crippen LogP contribution in [0.1, 0.15) is 102 Å². The molecule has 0 aliphatic carbocycles. The summed E-state index contributed by atoms with van der Waals surface area (Å²) in [6.07, 6.45) is 11.5. The van der Waals surface area contributed by atoms with Gasteiger partial charge in [-0.1, -0.05) is 13.0 Å². The molecule has 7 fully saturated rings. The molecule has 80 heavy (non-hydrogen) atoms. The molecule has 7 aliphatic heterocycles. The Morgan fingerprint density at radius 3 is 2.42 bits per heavy atom. The molecule has 19 nitrogen and oxygen atoms in total. The van der Waals surface area contributed by atoms with Gasteiger partial charge < -0.3 is 38.8 Å². The molecule has 0 saturated carbocycles. The highest BCUT2D eigenvalue weighted by Crippen LogP contribution is 2.45. The minimum Gasteiger partial charge on any atom is -0.508 e. The Morgan fingerprint density at radius 1 is 0.875 bits per heavy atom. The first-order valence-electron chi connectivity index (χ1n) is 28.7. The van der Waals surface area contributed by atoms with E-state index in [2.05, 4.69) is 25.0 Å². The fourth-order valence-electron chi connectivity index (χ4n) is 14.3. The lowest BCUT2D eigenvalue weighted by Gasteiger charge is -2.48. The SMILES string of the molecule is CCc1c(F)ccc2cc(O)cc(-c3ncc4c(N5CCC[C@]6(CCO6)C5)nc(OC[C@@]56CCCN5[C@H](COC(=O)N5CCC(OC7CCN(c8ccc9c(c8)n(C)c(=O)n9C8CCC(=O)NC8=O)CC7)CC5)CC6)nc4c3F)c12. The predicted molar refractivity (Wildman–Crippen MR) is 294 cm³/mol. The number of aromatic hydroxyl groups is 1. The summed E-state index contributed by atoms with van der Waals surface area (Å²) in [7, 11) is 1.71. The maximum atomic E-state index is 17.4. The number of phenols is 1. The molecule has 13 rings (SSSR count). The third-order valence-electron chi connectivity index (χ3n) is 18.6. The van der Waals surface area contributed by atoms with Crippen molar-refractivity contribution in [3.63, 3.8) is 0 Å². The zero-order valence-electron chi connectivity index (χ0n) is 45.4. The Hall–Kier alpha value is -6.97. The maximum absolute atomic E-state index is 17.4. The van der Waals surface area contributed by atoms with E-state index in [-0.39, 0.29) is 102 Å². The Balaban J connectivity index is 0.633. The van der Waals surface area contributed by atoms with Gasteiger partial charge in [0.15, 0.2) is 5.82 Å². The van der Waals surface area contributed by atoms with E-state index in [4.69, 9.17) is 28.9 Å². The van der Waals surface area contributed by atoms with Crippen LogP contribution in [0.5, 0.6) is 11.8 Å². The van der Waals surface area contributed by atoms with Crippen molar-refractivity contribution in [2.24, 2.45) is 7.05 Å². The van der Waals surface area contributed by atoms with Crippen LogP contribution < -0.4 is 25.5 Å². The van der Waals surface area contributed by atoms with Gasteiger partial charge in [-0.2, -0.15) is 9.97 Å². The highest BCUT2D eigenvalue weighted by molar-refractivity contribution is 6.02. The smallest absolute Gasteiger partial charge is 0.409 e. The normalized spacial score (nSPS) is 25.0. The summed E-state index contributed by atoms with van der Waals surface area (Å²) < 4.78 is 61.1. The number of benzene rings is 3. The van der Waals surface area contributed by atoms with Gasteiger partial charge in [-0.05, 0) is 136 Å². The van der Waals surface area contributed by atoms with Crippen molar-refractivity contribution in [1.82, 2.24) is 39.2 Å². The summed E-state index contributed by atoms with van der Waals surface area (Å²) in [6.45, 7) is 7.81. The van der Waals surface area contributed by atoms with Crippen LogP contribution in [0.4, 0.5) is 25.1 Å². The number of phenolic OH excluding ortho intramolecular Hbond substituents is 1. The molecule has 7 saturated heterocycles. The second-order valence-corrected chi connectivity index (χ2v) is 23.2. The molecule has 3 aromatic carbocycles. The average molecular weight is 1100 g/mol. The molecule has 1 spiro atoms. The largest absolute Gasteiger partial charge is 0.508 e. The number of imide groups is 1. The summed E-state index contributed by atoms with van der Waals surface area (Å²) in [5, 5.41) is 14.7. The molecule has 0 radical (unpaired) electrons. The van der Waals surface area contributed by atoms with Crippen molar-refractivity contribution >= 4 is 62.1 Å². The number of aryl methyl sites for hydroxylation is 2. The van der Waals surface area contributed by atoms with E-state index < -0.39 is 23.6 Å². The Bertz CT molecular complexity index is 3500. The zero-order valence-corrected chi connectivity index (χ0v) is 45.4. The van der Waals surface area contributed by atoms with E-state index in [0.717, 1.165) is 101 Å². The number of nitrogens with one attached hydrogen (secondary N) is 1. The quantitative estimate of drug-likeness (QED) is 0.115. The van der Waals surface area contributed by atoms with Gasteiger partial charge in [-0.3, -0.25) is 33.9 Å². The predicted octanol–water partition coefficient (Wildman–Crippen LogP) is 7.44. The minimum atomic E-state index is -0.730. The van der Waals surface area contributed by atoms with Gasteiger partial charge in [0.2, 0.25) is 11.8 Å². The van der Waals surface area contributed by atoms with E-state index in [1.807, 2.05) is 25.1 Å². The first-order valence-corrected chi connectivity index (χ1v) is 28.7. The van der Waals surface area contributed by atoms with Crippen LogP contribution in [0.3, 0.4) is 0 Å². The number of anilines is 2. The molecule has 0 bridgehead atoms. The summed E-state index contributed by atoms with van der Waals surface area (Å²) >= 11 is 0. The number of likely N-dealkylation sites (tertiary alicyclic amines) is 1. The number of carbonyl (C=O) groups is 3. The highest BCUT2D eigenvalue weighted by atomic mass is 19.1. The number of aromatic nitrogens is 5. The number of piperidine rings is 4. The first kappa shape index (κ1) is 52.4. The number of ether oxygens (including phenoxy) is 4. The molecule has 6 aromatic rings. The number of pyridine rings is 1. The van der Waals surface area contributed by atoms with Crippen LogP contribution in [0, 0.1) is 11.6 Å². The Labute approximate surface area is 461 Å². The van der Waals surface area contributed by atoms with E-state index in [1.165, 1.54) is 16.7 Å². The molecule has 1 unspecified atom stereocenters. The van der Waals surface area contributed by atoms with Crippen LogP contribution in [0.2, 0.25) is 0 Å². The van der Waals surface area contributed by atoms with E-state index >= 15 is 8.78 Å². The summed E-state index contributed by atoms with van der Waals surface area (Å²) in [5.41, 5.74) is 2.10. The number of fused-ring (bicyclic) bond motifs is 4. The number of hydrogen-bond donors (Lipinski definition) is 2. The third-order valence-corrected chi connectivity index (χ3v) is 18.6. The van der Waals surface area contributed by atoms with Crippen LogP contribution >= 0.6 is 0 Å². The second-order valence-electron chi connectivity index (χ2n) is 23.2. The van der Waals surface area contributed by atoms with E-state index in [0.29, 0.717) is 72.3 Å². The fraction of sp³-hybridized carbons (Fsp3) is 0.542. The molecule has 4 atom stereocenters. The Morgan fingerprint density at radius 2 is 1.66 bits per heavy atom. The number of rotatable bonds is 12. The molecule has 3 amide bonds. The van der Waals surface area contributed by atoms with Gasteiger partial charge in [-0.15, -0.1) is 0 Å². The lowest BCUT2D eigenvalue weighted by molar-refractivity contribution is -0.151. The molecule has 3 aromatic heterocycles. The van der Waals surface area contributed by atoms with Crippen molar-refractivity contribution in [2.45, 2.75) is 132 Å². The molecule has 422 valence electrons. The van der Waals surface area contributed by atoms with Gasteiger partial charge in [0.1, 0.15) is 47.9 Å². The first-order chi connectivity index (χ1) is 38.8. The van der Waals surface area contributed by atoms with Gasteiger partial charge in [-0.25, -0.2) is 18.4 Å². The number of carbonyl (C=O) groups excluding carboxylic acids is 3.